The van der Waals surface area contributed by atoms with Crippen molar-refractivity contribution in [1.82, 2.24) is 9.97 Å². The largest absolute Gasteiger partial charge is 0.456 e. The van der Waals surface area contributed by atoms with Crippen LogP contribution < -0.4 is 4.90 Å². The third kappa shape index (κ3) is 4.51. The van der Waals surface area contributed by atoms with Gasteiger partial charge in [0.15, 0.2) is 5.82 Å². The van der Waals surface area contributed by atoms with Crippen LogP contribution in [0.1, 0.15) is 0 Å². The highest BCUT2D eigenvalue weighted by Gasteiger charge is 2.24. The van der Waals surface area contributed by atoms with E-state index in [2.05, 4.69) is 150 Å². The fourth-order valence-electron chi connectivity index (χ4n) is 7.56. The molecule has 0 aliphatic rings. The van der Waals surface area contributed by atoms with Gasteiger partial charge >= 0.3 is 0 Å². The normalized spacial score (nSPS) is 11.8. The lowest BCUT2D eigenvalue weighted by Gasteiger charge is -2.26. The molecule has 0 radical (unpaired) electrons. The van der Waals surface area contributed by atoms with Gasteiger partial charge in [0, 0.05) is 59.2 Å². The number of para-hydroxylation sites is 2. The molecule has 4 nitrogen and oxygen atoms in total. The predicted octanol–water partition coefficient (Wildman–Crippen LogP) is 13.9. The number of aromatic nitrogens is 2. The summed E-state index contributed by atoms with van der Waals surface area (Å²) in [4.78, 5) is 13.2. The van der Waals surface area contributed by atoms with Gasteiger partial charge in [-0.1, -0.05) is 115 Å². The molecular formula is C46H27N3OS2. The number of hydrogen-bond acceptors (Lipinski definition) is 6. The van der Waals surface area contributed by atoms with Crippen LogP contribution >= 0.6 is 22.7 Å². The molecule has 11 aromatic rings. The molecule has 0 spiro atoms. The van der Waals surface area contributed by atoms with E-state index in [0.717, 1.165) is 71.4 Å². The molecule has 0 aliphatic carbocycles. The van der Waals surface area contributed by atoms with E-state index in [4.69, 9.17) is 14.4 Å². The Labute approximate surface area is 306 Å². The van der Waals surface area contributed by atoms with Gasteiger partial charge in [-0.05, 0) is 42.5 Å². The summed E-state index contributed by atoms with van der Waals surface area (Å²) in [6.07, 6.45) is 0. The number of fused-ring (bicyclic) bond motifs is 9. The summed E-state index contributed by atoms with van der Waals surface area (Å²) in [5.41, 5.74) is 8.64. The average Bonchev–Trinajstić information content (AvgIpc) is 3.90. The van der Waals surface area contributed by atoms with Crippen molar-refractivity contribution < 1.29 is 4.42 Å². The van der Waals surface area contributed by atoms with Crippen molar-refractivity contribution in [2.24, 2.45) is 0 Å². The van der Waals surface area contributed by atoms with Gasteiger partial charge in [0.05, 0.1) is 32.0 Å². The summed E-state index contributed by atoms with van der Waals surface area (Å²) in [6.45, 7) is 0. The Kier molecular flexibility index (Phi) is 6.56. The predicted molar refractivity (Wildman–Crippen MR) is 221 cm³/mol. The summed E-state index contributed by atoms with van der Waals surface area (Å²) in [7, 11) is 0. The quantitative estimate of drug-likeness (QED) is 0.179. The third-order valence-corrected chi connectivity index (χ3v) is 12.2. The van der Waals surface area contributed by atoms with Crippen LogP contribution in [0, 0.1) is 0 Å². The van der Waals surface area contributed by atoms with Crippen molar-refractivity contribution in [2.45, 2.75) is 0 Å². The van der Waals surface area contributed by atoms with E-state index in [-0.39, 0.29) is 0 Å². The molecule has 0 bridgehead atoms. The minimum absolute atomic E-state index is 0.668. The molecule has 0 saturated carbocycles. The average molecular weight is 702 g/mol. The van der Waals surface area contributed by atoms with Crippen molar-refractivity contribution in [3.8, 4) is 22.6 Å². The number of rotatable bonds is 5. The molecule has 6 heteroatoms. The highest BCUT2D eigenvalue weighted by atomic mass is 32.1. The zero-order chi connectivity index (χ0) is 34.2. The molecule has 0 saturated heterocycles. The van der Waals surface area contributed by atoms with Crippen LogP contribution in [0.2, 0.25) is 0 Å². The molecule has 52 heavy (non-hydrogen) atoms. The monoisotopic (exact) mass is 701 g/mol. The van der Waals surface area contributed by atoms with E-state index >= 15 is 0 Å². The van der Waals surface area contributed by atoms with Crippen molar-refractivity contribution in [1.29, 1.82) is 0 Å². The summed E-state index contributed by atoms with van der Waals surface area (Å²) < 4.78 is 11.5. The molecule has 0 aliphatic heterocycles. The zero-order valence-corrected chi connectivity index (χ0v) is 29.3. The van der Waals surface area contributed by atoms with Crippen molar-refractivity contribution in [3.05, 3.63) is 164 Å². The van der Waals surface area contributed by atoms with Gasteiger partial charge in [-0.2, -0.15) is 0 Å². The van der Waals surface area contributed by atoms with Gasteiger partial charge in [0.1, 0.15) is 11.2 Å². The lowest BCUT2D eigenvalue weighted by atomic mass is 10.0. The first-order valence-electron chi connectivity index (χ1n) is 17.2. The minimum atomic E-state index is 0.668. The zero-order valence-electron chi connectivity index (χ0n) is 27.7. The molecule has 0 atom stereocenters. The van der Waals surface area contributed by atoms with Gasteiger partial charge < -0.3 is 9.32 Å². The van der Waals surface area contributed by atoms with Crippen LogP contribution in [0.15, 0.2) is 168 Å². The highest BCUT2D eigenvalue weighted by molar-refractivity contribution is 7.26. The molecule has 0 amide bonds. The van der Waals surface area contributed by atoms with Crippen molar-refractivity contribution >= 4 is 102 Å². The van der Waals surface area contributed by atoms with E-state index in [1.54, 1.807) is 11.3 Å². The molecule has 7 aromatic carbocycles. The fourth-order valence-corrected chi connectivity index (χ4v) is 9.92. The number of hydrogen-bond donors (Lipinski definition) is 0. The Bertz CT molecular complexity index is 3140. The lowest BCUT2D eigenvalue weighted by Crippen LogP contribution is -2.10. The standard InChI is InChI=1S/C46H27N3OS2/c1-3-14-28(15-4-1)42-45-43(34-20-9-12-25-40(34)52-45)48-46(47-42)35-26-30(27-38-41(35)33-19-7-10-23-37(33)50-38)49(29-16-5-2-6-17-29)36-22-13-21-32-31-18-8-11-24-39(31)51-44(32)36/h1-27H. The Balaban J connectivity index is 1.25. The van der Waals surface area contributed by atoms with E-state index in [1.165, 1.54) is 24.9 Å². The summed E-state index contributed by atoms with van der Waals surface area (Å²) in [5.74, 6) is 0.668. The first-order valence-corrected chi connectivity index (χ1v) is 18.9. The lowest BCUT2D eigenvalue weighted by molar-refractivity contribution is 0.669. The Hall–Kier alpha value is -6.34. The van der Waals surface area contributed by atoms with Gasteiger partial charge in [-0.15, -0.1) is 22.7 Å². The minimum Gasteiger partial charge on any atom is -0.456 e. The maximum Gasteiger partial charge on any atom is 0.161 e. The van der Waals surface area contributed by atoms with E-state index in [0.29, 0.717) is 5.82 Å². The van der Waals surface area contributed by atoms with Gasteiger partial charge in [0.2, 0.25) is 0 Å². The number of thiophene rings is 2. The van der Waals surface area contributed by atoms with E-state index in [1.807, 2.05) is 29.5 Å². The third-order valence-electron chi connectivity index (χ3n) is 9.87. The van der Waals surface area contributed by atoms with Crippen molar-refractivity contribution in [3.63, 3.8) is 0 Å². The fraction of sp³-hybridized carbons (Fsp3) is 0. The molecule has 4 heterocycles. The van der Waals surface area contributed by atoms with Crippen LogP contribution in [0.4, 0.5) is 17.1 Å². The van der Waals surface area contributed by atoms with Crippen LogP contribution in [0.3, 0.4) is 0 Å². The highest BCUT2D eigenvalue weighted by Crippen LogP contribution is 2.48. The summed E-state index contributed by atoms with van der Waals surface area (Å²) in [6, 6.07) is 57.6. The molecule has 4 aromatic heterocycles. The van der Waals surface area contributed by atoms with Crippen LogP contribution in [-0.2, 0) is 0 Å². The summed E-state index contributed by atoms with van der Waals surface area (Å²) in [5, 5.41) is 5.69. The van der Waals surface area contributed by atoms with Gasteiger partial charge in [-0.3, -0.25) is 0 Å². The second-order valence-corrected chi connectivity index (χ2v) is 15.0. The number of benzene rings is 7. The molecule has 244 valence electrons. The second-order valence-electron chi connectivity index (χ2n) is 12.9. The molecule has 0 unspecified atom stereocenters. The first kappa shape index (κ1) is 29.4. The molecule has 0 N–H and O–H groups in total. The topological polar surface area (TPSA) is 42.2 Å². The summed E-state index contributed by atoms with van der Waals surface area (Å²) >= 11 is 3.58. The maximum absolute atomic E-state index is 6.69. The van der Waals surface area contributed by atoms with Crippen LogP contribution in [-0.4, -0.2) is 9.97 Å². The number of furan rings is 1. The Morgan fingerprint density at radius 2 is 1.13 bits per heavy atom. The molecule has 11 rings (SSSR count). The van der Waals surface area contributed by atoms with E-state index < -0.39 is 0 Å². The smallest absolute Gasteiger partial charge is 0.161 e. The maximum atomic E-state index is 6.69. The second kappa shape index (κ2) is 11.6. The molecule has 0 fully saturated rings. The van der Waals surface area contributed by atoms with E-state index in [9.17, 15) is 0 Å². The Morgan fingerprint density at radius 3 is 1.96 bits per heavy atom. The van der Waals surface area contributed by atoms with Crippen LogP contribution in [0.5, 0.6) is 0 Å². The van der Waals surface area contributed by atoms with Gasteiger partial charge in [0.25, 0.3) is 0 Å². The van der Waals surface area contributed by atoms with Crippen molar-refractivity contribution in [2.75, 3.05) is 4.90 Å². The SMILES string of the molecule is c1ccc(-c2nc(-c3cc(N(c4ccccc4)c4cccc5c4sc4ccccc45)cc4oc5ccccc5c34)nc3c2sc2ccccc23)cc1. The van der Waals surface area contributed by atoms with Crippen LogP contribution in [0.25, 0.3) is 85.1 Å². The number of anilines is 3. The molecular weight excluding hydrogens is 675 g/mol. The first-order chi connectivity index (χ1) is 25.8. The van der Waals surface area contributed by atoms with Gasteiger partial charge in [-0.25, -0.2) is 9.97 Å². The Morgan fingerprint density at radius 1 is 0.481 bits per heavy atom. The number of nitrogens with zero attached hydrogens (tertiary/aromatic N) is 3.